The van der Waals surface area contributed by atoms with Crippen LogP contribution in [-0.4, -0.2) is 40.1 Å². The van der Waals surface area contributed by atoms with Crippen molar-refractivity contribution < 1.29 is 0 Å². The van der Waals surface area contributed by atoms with Crippen molar-refractivity contribution in [2.45, 2.75) is 38.9 Å². The molecule has 4 aromatic rings. The van der Waals surface area contributed by atoms with Crippen molar-refractivity contribution in [3.8, 4) is 0 Å². The maximum atomic E-state index is 12.4. The number of aromatic nitrogens is 2. The summed E-state index contributed by atoms with van der Waals surface area (Å²) in [6, 6.07) is 21.9. The molecule has 2 heterocycles. The molecule has 1 N–H and O–H groups in total. The number of hydrogen-bond donors (Lipinski definition) is 1. The monoisotopic (exact) mass is 426 g/mol. The van der Waals surface area contributed by atoms with E-state index in [1.54, 1.807) is 0 Å². The van der Waals surface area contributed by atoms with Crippen molar-refractivity contribution in [2.24, 2.45) is 0 Å². The van der Waals surface area contributed by atoms with Gasteiger partial charge in [0.2, 0.25) is 0 Å². The molecule has 0 unspecified atom stereocenters. The van der Waals surface area contributed by atoms with Crippen molar-refractivity contribution >= 4 is 21.8 Å². The molecule has 0 amide bonds. The van der Waals surface area contributed by atoms with Crippen LogP contribution in [0.25, 0.3) is 21.8 Å². The van der Waals surface area contributed by atoms with Gasteiger partial charge in [0.1, 0.15) is 0 Å². The Labute approximate surface area is 188 Å². The van der Waals surface area contributed by atoms with Gasteiger partial charge in [-0.25, -0.2) is 4.98 Å². The highest BCUT2D eigenvalue weighted by Crippen LogP contribution is 2.17. The van der Waals surface area contributed by atoms with Crippen LogP contribution in [0.3, 0.4) is 0 Å². The van der Waals surface area contributed by atoms with Gasteiger partial charge in [-0.15, -0.1) is 0 Å². The lowest BCUT2D eigenvalue weighted by Gasteiger charge is -2.32. The summed E-state index contributed by atoms with van der Waals surface area (Å²) in [7, 11) is 0. The van der Waals surface area contributed by atoms with E-state index in [2.05, 4.69) is 70.7 Å². The summed E-state index contributed by atoms with van der Waals surface area (Å²) in [6.45, 7) is 6.68. The van der Waals surface area contributed by atoms with Crippen LogP contribution in [0.4, 0.5) is 0 Å². The number of piperidine rings is 1. The molecular formula is C27H30N4O. The number of nitrogens with one attached hydrogen (secondary N) is 1. The molecule has 164 valence electrons. The zero-order valence-electron chi connectivity index (χ0n) is 18.6. The first-order chi connectivity index (χ1) is 15.7. The van der Waals surface area contributed by atoms with Gasteiger partial charge in [-0.3, -0.25) is 4.79 Å². The SMILES string of the molecule is Cc1ccc2ncc(=O)n(CCN3CCC(NCc4ccc5ccccc5c4)CC3)c2c1. The molecule has 5 nitrogen and oxygen atoms in total. The summed E-state index contributed by atoms with van der Waals surface area (Å²) < 4.78 is 1.87. The van der Waals surface area contributed by atoms with Gasteiger partial charge in [0, 0.05) is 25.7 Å². The number of benzene rings is 3. The second kappa shape index (κ2) is 9.23. The molecule has 1 aliphatic heterocycles. The topological polar surface area (TPSA) is 50.2 Å². The third kappa shape index (κ3) is 4.59. The van der Waals surface area contributed by atoms with Crippen molar-refractivity contribution in [2.75, 3.05) is 19.6 Å². The van der Waals surface area contributed by atoms with Crippen LogP contribution in [0.1, 0.15) is 24.0 Å². The molecule has 1 aromatic heterocycles. The van der Waals surface area contributed by atoms with Crippen LogP contribution in [0.15, 0.2) is 71.7 Å². The van der Waals surface area contributed by atoms with Crippen LogP contribution in [-0.2, 0) is 13.1 Å². The maximum absolute atomic E-state index is 12.4. The smallest absolute Gasteiger partial charge is 0.269 e. The number of rotatable bonds is 6. The Morgan fingerprint density at radius 1 is 0.969 bits per heavy atom. The maximum Gasteiger partial charge on any atom is 0.269 e. The molecule has 1 saturated heterocycles. The molecule has 0 atom stereocenters. The van der Waals surface area contributed by atoms with E-state index in [4.69, 9.17) is 0 Å². The summed E-state index contributed by atoms with van der Waals surface area (Å²) in [4.78, 5) is 19.2. The van der Waals surface area contributed by atoms with Gasteiger partial charge in [0.25, 0.3) is 5.56 Å². The molecule has 0 saturated carbocycles. The zero-order valence-corrected chi connectivity index (χ0v) is 18.6. The van der Waals surface area contributed by atoms with Crippen LogP contribution >= 0.6 is 0 Å². The number of fused-ring (bicyclic) bond motifs is 2. The minimum Gasteiger partial charge on any atom is -0.310 e. The minimum absolute atomic E-state index is 0.0185. The Morgan fingerprint density at radius 2 is 1.78 bits per heavy atom. The van der Waals surface area contributed by atoms with E-state index in [-0.39, 0.29) is 5.56 Å². The average Bonchev–Trinajstić information content (AvgIpc) is 2.82. The van der Waals surface area contributed by atoms with Gasteiger partial charge < -0.3 is 14.8 Å². The first-order valence-electron chi connectivity index (χ1n) is 11.6. The van der Waals surface area contributed by atoms with Crippen LogP contribution in [0, 0.1) is 6.92 Å². The van der Waals surface area contributed by atoms with E-state index >= 15 is 0 Å². The van der Waals surface area contributed by atoms with Crippen molar-refractivity contribution in [1.82, 2.24) is 19.8 Å². The third-order valence-electron chi connectivity index (χ3n) is 6.64. The lowest BCUT2D eigenvalue weighted by atomic mass is 10.0. The van der Waals surface area contributed by atoms with Gasteiger partial charge >= 0.3 is 0 Å². The number of aryl methyl sites for hydroxylation is 1. The van der Waals surface area contributed by atoms with Crippen molar-refractivity contribution in [3.63, 3.8) is 0 Å². The Kier molecular flexibility index (Phi) is 6.02. The molecule has 1 aliphatic rings. The second-order valence-electron chi connectivity index (χ2n) is 8.92. The molecule has 0 radical (unpaired) electrons. The summed E-state index contributed by atoms with van der Waals surface area (Å²) in [6.07, 6.45) is 3.72. The Bertz CT molecular complexity index is 1290. The van der Waals surface area contributed by atoms with Gasteiger partial charge in [-0.1, -0.05) is 42.5 Å². The van der Waals surface area contributed by atoms with Crippen LogP contribution < -0.4 is 10.9 Å². The lowest BCUT2D eigenvalue weighted by molar-refractivity contribution is 0.191. The molecule has 3 aromatic carbocycles. The van der Waals surface area contributed by atoms with E-state index in [0.29, 0.717) is 12.6 Å². The van der Waals surface area contributed by atoms with Gasteiger partial charge in [-0.2, -0.15) is 0 Å². The van der Waals surface area contributed by atoms with Gasteiger partial charge in [0.05, 0.1) is 17.2 Å². The molecule has 5 rings (SSSR count). The number of hydrogen-bond acceptors (Lipinski definition) is 4. The van der Waals surface area contributed by atoms with Gasteiger partial charge in [0.15, 0.2) is 0 Å². The highest BCUT2D eigenvalue weighted by Gasteiger charge is 2.19. The van der Waals surface area contributed by atoms with E-state index in [1.807, 2.05) is 16.7 Å². The predicted molar refractivity (Wildman–Crippen MR) is 131 cm³/mol. The molecule has 5 heteroatoms. The van der Waals surface area contributed by atoms with Crippen LogP contribution in [0.5, 0.6) is 0 Å². The summed E-state index contributed by atoms with van der Waals surface area (Å²) in [5, 5.41) is 6.34. The normalized spacial score (nSPS) is 15.5. The van der Waals surface area contributed by atoms with Crippen LogP contribution in [0.2, 0.25) is 0 Å². The highest BCUT2D eigenvalue weighted by molar-refractivity contribution is 5.83. The summed E-state index contributed by atoms with van der Waals surface area (Å²) >= 11 is 0. The van der Waals surface area contributed by atoms with Crippen molar-refractivity contribution in [3.05, 3.63) is 88.3 Å². The standard InChI is InChI=1S/C27H30N4O/c1-20-6-9-25-26(16-20)31(27(32)19-29-25)15-14-30-12-10-24(11-13-30)28-18-21-7-8-22-4-2-3-5-23(22)17-21/h2-9,16-17,19,24,28H,10-15,18H2,1H3. The fourth-order valence-electron chi connectivity index (χ4n) is 4.72. The molecule has 32 heavy (non-hydrogen) atoms. The second-order valence-corrected chi connectivity index (χ2v) is 8.92. The Balaban J connectivity index is 1.14. The Hall–Kier alpha value is -3.02. The first kappa shape index (κ1) is 20.9. The van der Waals surface area contributed by atoms with E-state index < -0.39 is 0 Å². The summed E-state index contributed by atoms with van der Waals surface area (Å²) in [5.74, 6) is 0. The summed E-state index contributed by atoms with van der Waals surface area (Å²) in [5.41, 5.74) is 4.29. The zero-order chi connectivity index (χ0) is 21.9. The molecule has 1 fully saturated rings. The molecule has 0 bridgehead atoms. The fraction of sp³-hybridized carbons (Fsp3) is 0.333. The third-order valence-corrected chi connectivity index (χ3v) is 6.64. The van der Waals surface area contributed by atoms with Gasteiger partial charge in [-0.05, 0) is 73.0 Å². The lowest BCUT2D eigenvalue weighted by Crippen LogP contribution is -2.43. The number of nitrogens with zero attached hydrogens (tertiary/aromatic N) is 3. The Morgan fingerprint density at radius 3 is 2.62 bits per heavy atom. The molecular weight excluding hydrogens is 396 g/mol. The molecule has 0 spiro atoms. The van der Waals surface area contributed by atoms with Crippen molar-refractivity contribution in [1.29, 1.82) is 0 Å². The van der Waals surface area contributed by atoms with E-state index in [9.17, 15) is 4.79 Å². The van der Waals surface area contributed by atoms with E-state index in [0.717, 1.165) is 55.6 Å². The molecule has 0 aliphatic carbocycles. The average molecular weight is 427 g/mol. The highest BCUT2D eigenvalue weighted by atomic mass is 16.1. The minimum atomic E-state index is -0.0185. The fourth-order valence-corrected chi connectivity index (χ4v) is 4.72. The van der Waals surface area contributed by atoms with E-state index in [1.165, 1.54) is 22.5 Å². The first-order valence-corrected chi connectivity index (χ1v) is 11.6. The predicted octanol–water partition coefficient (Wildman–Crippen LogP) is 4.11. The number of likely N-dealkylation sites (tertiary alicyclic amines) is 1. The quantitative estimate of drug-likeness (QED) is 0.504. The largest absolute Gasteiger partial charge is 0.310 e.